The fourth-order valence-electron chi connectivity index (χ4n) is 1.85. The number of halogens is 1. The SMILES string of the molecule is Cc1ccccc1C(=O)C(Br)C(=O)c1ccccc1. The second-order valence-electron chi connectivity index (χ2n) is 4.27. The van der Waals surface area contributed by atoms with Crippen molar-refractivity contribution in [2.45, 2.75) is 11.8 Å². The molecule has 0 N–H and O–H groups in total. The highest BCUT2D eigenvalue weighted by molar-refractivity contribution is 9.10. The molecule has 96 valence electrons. The van der Waals surface area contributed by atoms with Crippen molar-refractivity contribution >= 4 is 27.5 Å². The van der Waals surface area contributed by atoms with E-state index in [1.165, 1.54) is 0 Å². The maximum absolute atomic E-state index is 12.3. The van der Waals surface area contributed by atoms with Gasteiger partial charge < -0.3 is 0 Å². The largest absolute Gasteiger partial charge is 0.292 e. The third kappa shape index (κ3) is 2.99. The van der Waals surface area contributed by atoms with E-state index in [-0.39, 0.29) is 11.6 Å². The first kappa shape index (κ1) is 13.7. The molecule has 0 aliphatic carbocycles. The van der Waals surface area contributed by atoms with Crippen LogP contribution in [0.1, 0.15) is 26.3 Å². The number of carbonyl (C=O) groups is 2. The summed E-state index contributed by atoms with van der Waals surface area (Å²) in [7, 11) is 0. The smallest absolute Gasteiger partial charge is 0.184 e. The summed E-state index contributed by atoms with van der Waals surface area (Å²) in [6, 6.07) is 16.1. The Hall–Kier alpha value is -1.74. The van der Waals surface area contributed by atoms with E-state index < -0.39 is 4.83 Å². The molecule has 1 unspecified atom stereocenters. The van der Waals surface area contributed by atoms with Crippen LogP contribution in [0.25, 0.3) is 0 Å². The summed E-state index contributed by atoms with van der Waals surface area (Å²) >= 11 is 3.22. The van der Waals surface area contributed by atoms with Gasteiger partial charge in [0.15, 0.2) is 11.6 Å². The van der Waals surface area contributed by atoms with Gasteiger partial charge >= 0.3 is 0 Å². The number of alkyl halides is 1. The number of hydrogen-bond acceptors (Lipinski definition) is 2. The Morgan fingerprint density at radius 1 is 0.895 bits per heavy atom. The van der Waals surface area contributed by atoms with Crippen molar-refractivity contribution in [2.75, 3.05) is 0 Å². The molecule has 0 saturated heterocycles. The molecule has 3 heteroatoms. The second kappa shape index (κ2) is 5.93. The van der Waals surface area contributed by atoms with Crippen LogP contribution in [-0.2, 0) is 0 Å². The van der Waals surface area contributed by atoms with Crippen LogP contribution in [0.3, 0.4) is 0 Å². The minimum atomic E-state index is -0.837. The summed E-state index contributed by atoms with van der Waals surface area (Å²) in [4.78, 5) is 23.7. The van der Waals surface area contributed by atoms with Crippen molar-refractivity contribution in [1.29, 1.82) is 0 Å². The number of ketones is 2. The first-order valence-corrected chi connectivity index (χ1v) is 6.86. The third-order valence-corrected chi connectivity index (χ3v) is 3.76. The van der Waals surface area contributed by atoms with Gasteiger partial charge in [-0.1, -0.05) is 70.5 Å². The fourth-order valence-corrected chi connectivity index (χ4v) is 2.36. The normalized spacial score (nSPS) is 11.9. The zero-order chi connectivity index (χ0) is 13.8. The molecule has 1 atom stereocenters. The van der Waals surface area contributed by atoms with Gasteiger partial charge in [-0.2, -0.15) is 0 Å². The molecule has 0 aliphatic heterocycles. The van der Waals surface area contributed by atoms with E-state index in [0.29, 0.717) is 11.1 Å². The second-order valence-corrected chi connectivity index (χ2v) is 5.19. The molecule has 0 aliphatic rings. The first-order valence-electron chi connectivity index (χ1n) is 5.94. The van der Waals surface area contributed by atoms with Crippen LogP contribution in [-0.4, -0.2) is 16.4 Å². The van der Waals surface area contributed by atoms with Crippen molar-refractivity contribution in [3.63, 3.8) is 0 Å². The summed E-state index contributed by atoms with van der Waals surface area (Å²) in [5.74, 6) is -0.416. The lowest BCUT2D eigenvalue weighted by molar-refractivity contribution is 0.0906. The minimum absolute atomic E-state index is 0.202. The molecule has 0 aromatic heterocycles. The Labute approximate surface area is 120 Å². The van der Waals surface area contributed by atoms with Crippen LogP contribution in [0, 0.1) is 6.92 Å². The first-order chi connectivity index (χ1) is 9.11. The topological polar surface area (TPSA) is 34.1 Å². The zero-order valence-electron chi connectivity index (χ0n) is 10.5. The van der Waals surface area contributed by atoms with E-state index in [4.69, 9.17) is 0 Å². The molecule has 0 amide bonds. The van der Waals surface area contributed by atoms with E-state index >= 15 is 0 Å². The lowest BCUT2D eigenvalue weighted by atomic mass is 9.98. The number of rotatable bonds is 4. The molecular formula is C16H13BrO2. The Morgan fingerprint density at radius 2 is 1.47 bits per heavy atom. The Bertz CT molecular complexity index is 605. The van der Waals surface area contributed by atoms with Crippen LogP contribution < -0.4 is 0 Å². The average molecular weight is 317 g/mol. The minimum Gasteiger partial charge on any atom is -0.292 e. The van der Waals surface area contributed by atoms with Crippen LogP contribution in [0.15, 0.2) is 54.6 Å². The van der Waals surface area contributed by atoms with Gasteiger partial charge in [0.05, 0.1) is 0 Å². The van der Waals surface area contributed by atoms with Gasteiger partial charge in [-0.05, 0) is 12.5 Å². The van der Waals surface area contributed by atoms with Crippen molar-refractivity contribution in [2.24, 2.45) is 0 Å². The monoisotopic (exact) mass is 316 g/mol. The zero-order valence-corrected chi connectivity index (χ0v) is 12.1. The lowest BCUT2D eigenvalue weighted by Crippen LogP contribution is -2.25. The number of carbonyl (C=O) groups excluding carboxylic acids is 2. The number of hydrogen-bond donors (Lipinski definition) is 0. The van der Waals surface area contributed by atoms with E-state index in [9.17, 15) is 9.59 Å². The molecular weight excluding hydrogens is 304 g/mol. The summed E-state index contributed by atoms with van der Waals surface area (Å²) in [5.41, 5.74) is 1.98. The summed E-state index contributed by atoms with van der Waals surface area (Å²) in [6.45, 7) is 1.86. The highest BCUT2D eigenvalue weighted by Crippen LogP contribution is 2.18. The molecule has 0 saturated carbocycles. The number of Topliss-reactive ketones (excluding diaryl/α,β-unsaturated/α-hetero) is 2. The molecule has 0 spiro atoms. The van der Waals surface area contributed by atoms with Gasteiger partial charge in [0.25, 0.3) is 0 Å². The molecule has 0 bridgehead atoms. The van der Waals surface area contributed by atoms with E-state index in [0.717, 1.165) is 5.56 Å². The summed E-state index contributed by atoms with van der Waals surface area (Å²) in [6.07, 6.45) is 0. The molecule has 2 rings (SSSR count). The predicted molar refractivity (Wildman–Crippen MR) is 79.0 cm³/mol. The fraction of sp³-hybridized carbons (Fsp3) is 0.125. The van der Waals surface area contributed by atoms with E-state index in [2.05, 4.69) is 15.9 Å². The van der Waals surface area contributed by atoms with Gasteiger partial charge in [0.2, 0.25) is 0 Å². The Balaban J connectivity index is 2.26. The molecule has 2 nitrogen and oxygen atoms in total. The van der Waals surface area contributed by atoms with Crippen molar-refractivity contribution in [1.82, 2.24) is 0 Å². The maximum atomic E-state index is 12.3. The molecule has 19 heavy (non-hydrogen) atoms. The maximum Gasteiger partial charge on any atom is 0.184 e. The van der Waals surface area contributed by atoms with Crippen molar-refractivity contribution in [3.05, 3.63) is 71.3 Å². The molecule has 0 fully saturated rings. The quantitative estimate of drug-likeness (QED) is 0.488. The Morgan fingerprint density at radius 3 is 2.11 bits per heavy atom. The highest BCUT2D eigenvalue weighted by atomic mass is 79.9. The van der Waals surface area contributed by atoms with Crippen LogP contribution >= 0.6 is 15.9 Å². The molecule has 2 aromatic carbocycles. The molecule has 2 aromatic rings. The Kier molecular flexibility index (Phi) is 4.27. The lowest BCUT2D eigenvalue weighted by Gasteiger charge is -2.10. The molecule has 0 heterocycles. The highest BCUT2D eigenvalue weighted by Gasteiger charge is 2.26. The number of aryl methyl sites for hydroxylation is 1. The van der Waals surface area contributed by atoms with Gasteiger partial charge in [0.1, 0.15) is 4.83 Å². The van der Waals surface area contributed by atoms with E-state index in [1.54, 1.807) is 36.4 Å². The van der Waals surface area contributed by atoms with Gasteiger partial charge in [-0.15, -0.1) is 0 Å². The van der Waals surface area contributed by atoms with Crippen LogP contribution in [0.2, 0.25) is 0 Å². The summed E-state index contributed by atoms with van der Waals surface area (Å²) < 4.78 is 0. The standard InChI is InChI=1S/C16H13BrO2/c1-11-7-5-6-10-13(11)16(19)14(17)15(18)12-8-3-2-4-9-12/h2-10,14H,1H3. The number of benzene rings is 2. The van der Waals surface area contributed by atoms with Crippen LogP contribution in [0.5, 0.6) is 0 Å². The van der Waals surface area contributed by atoms with Crippen molar-refractivity contribution in [3.8, 4) is 0 Å². The van der Waals surface area contributed by atoms with Gasteiger partial charge in [-0.3, -0.25) is 9.59 Å². The van der Waals surface area contributed by atoms with Gasteiger partial charge in [0, 0.05) is 11.1 Å². The van der Waals surface area contributed by atoms with E-state index in [1.807, 2.05) is 25.1 Å². The average Bonchev–Trinajstić information content (AvgIpc) is 2.46. The van der Waals surface area contributed by atoms with Crippen LogP contribution in [0.4, 0.5) is 0 Å². The predicted octanol–water partition coefficient (Wildman–Crippen LogP) is 3.82. The molecule has 0 radical (unpaired) electrons. The third-order valence-electron chi connectivity index (χ3n) is 2.93. The van der Waals surface area contributed by atoms with Crippen molar-refractivity contribution < 1.29 is 9.59 Å². The van der Waals surface area contributed by atoms with Gasteiger partial charge in [-0.25, -0.2) is 0 Å². The summed E-state index contributed by atoms with van der Waals surface area (Å²) in [5, 5.41) is 0.